The molecule has 1 heterocycles. The highest BCUT2D eigenvalue weighted by Gasteiger charge is 2.53. The molecule has 2 N–H and O–H groups in total. The molecule has 0 amide bonds. The van der Waals surface area contributed by atoms with E-state index in [1.807, 2.05) is 0 Å². The van der Waals surface area contributed by atoms with Crippen LogP contribution < -0.4 is 5.73 Å². The number of benzene rings is 1. The summed E-state index contributed by atoms with van der Waals surface area (Å²) in [6.07, 6.45) is 0. The molecule has 4 nitrogen and oxygen atoms in total. The van der Waals surface area contributed by atoms with Crippen LogP contribution in [0, 0.1) is 17.0 Å². The van der Waals surface area contributed by atoms with Crippen LogP contribution in [0.2, 0.25) is 0 Å². The first-order valence-corrected chi connectivity index (χ1v) is 5.38. The van der Waals surface area contributed by atoms with Crippen molar-refractivity contribution in [2.24, 2.45) is 11.1 Å². The quantitative estimate of drug-likeness (QED) is 0.825. The molecule has 1 fully saturated rings. The normalized spacial score (nSPS) is 18.9. The van der Waals surface area contributed by atoms with Crippen LogP contribution in [-0.4, -0.2) is 26.3 Å². The predicted octanol–water partition coefficient (Wildman–Crippen LogP) is 1.15. The maximum absolute atomic E-state index is 13.6. The van der Waals surface area contributed by atoms with E-state index in [1.54, 1.807) is 0 Å². The largest absolute Gasteiger partial charge is 0.468 e. The Morgan fingerprint density at radius 1 is 1.50 bits per heavy atom. The van der Waals surface area contributed by atoms with Gasteiger partial charge in [-0.05, 0) is 18.2 Å². The van der Waals surface area contributed by atoms with Crippen molar-refractivity contribution in [2.75, 3.05) is 20.3 Å². The third-order valence-corrected chi connectivity index (χ3v) is 3.20. The predicted molar refractivity (Wildman–Crippen MR) is 58.6 cm³/mol. The maximum Gasteiger partial charge on any atom is 0.318 e. The number of nitrogens with two attached hydrogens (primary N) is 1. The molecular weight excluding hydrogens is 244 g/mol. The van der Waals surface area contributed by atoms with E-state index < -0.39 is 29.1 Å². The molecule has 98 valence electrons. The van der Waals surface area contributed by atoms with E-state index in [4.69, 9.17) is 10.5 Å². The van der Waals surface area contributed by atoms with Gasteiger partial charge in [-0.3, -0.25) is 4.79 Å². The minimum absolute atomic E-state index is 0.0385. The van der Waals surface area contributed by atoms with Crippen LogP contribution in [0.25, 0.3) is 0 Å². The lowest BCUT2D eigenvalue weighted by Gasteiger charge is -2.42. The fourth-order valence-electron chi connectivity index (χ4n) is 2.00. The molecule has 0 aromatic heterocycles. The number of carbonyl (C=O) groups is 1. The highest BCUT2D eigenvalue weighted by molar-refractivity contribution is 5.79. The van der Waals surface area contributed by atoms with Gasteiger partial charge in [0, 0.05) is 5.56 Å². The lowest BCUT2D eigenvalue weighted by atomic mass is 9.75. The zero-order chi connectivity index (χ0) is 13.3. The second kappa shape index (κ2) is 4.62. The molecule has 1 aliphatic rings. The Morgan fingerprint density at radius 3 is 2.67 bits per heavy atom. The van der Waals surface area contributed by atoms with Gasteiger partial charge in [0.2, 0.25) is 0 Å². The molecule has 0 radical (unpaired) electrons. The second-order valence-corrected chi connectivity index (χ2v) is 4.28. The standard InChI is InChI=1S/C12H13F2NO3/c1-17-11(16)12(5-18-6-12)10(15)8-4-7(13)2-3-9(8)14/h2-4,10H,5-6,15H2,1H3. The van der Waals surface area contributed by atoms with Crippen molar-refractivity contribution < 1.29 is 23.0 Å². The van der Waals surface area contributed by atoms with Gasteiger partial charge in [0.15, 0.2) is 0 Å². The fraction of sp³-hybridized carbons (Fsp3) is 0.417. The number of ether oxygens (including phenoxy) is 2. The first-order valence-electron chi connectivity index (χ1n) is 5.38. The van der Waals surface area contributed by atoms with Crippen LogP contribution in [0.5, 0.6) is 0 Å². The zero-order valence-electron chi connectivity index (χ0n) is 9.78. The zero-order valence-corrected chi connectivity index (χ0v) is 9.78. The number of esters is 1. The number of carbonyl (C=O) groups excluding carboxylic acids is 1. The van der Waals surface area contributed by atoms with E-state index in [2.05, 4.69) is 4.74 Å². The van der Waals surface area contributed by atoms with Crippen molar-refractivity contribution in [1.29, 1.82) is 0 Å². The summed E-state index contributed by atoms with van der Waals surface area (Å²) in [7, 11) is 1.22. The van der Waals surface area contributed by atoms with E-state index in [-0.39, 0.29) is 18.8 Å². The Morgan fingerprint density at radius 2 is 2.17 bits per heavy atom. The minimum Gasteiger partial charge on any atom is -0.468 e. The number of methoxy groups -OCH3 is 1. The van der Waals surface area contributed by atoms with Gasteiger partial charge in [-0.25, -0.2) is 8.78 Å². The summed E-state index contributed by atoms with van der Waals surface area (Å²) < 4.78 is 36.4. The summed E-state index contributed by atoms with van der Waals surface area (Å²) >= 11 is 0. The summed E-state index contributed by atoms with van der Waals surface area (Å²) in [6, 6.07) is 1.96. The number of halogens is 2. The molecule has 0 saturated carbocycles. The molecule has 1 aliphatic heterocycles. The van der Waals surface area contributed by atoms with Crippen molar-refractivity contribution in [3.63, 3.8) is 0 Å². The summed E-state index contributed by atoms with van der Waals surface area (Å²) in [5, 5.41) is 0. The summed E-state index contributed by atoms with van der Waals surface area (Å²) in [5.74, 6) is -1.84. The minimum atomic E-state index is -1.14. The topological polar surface area (TPSA) is 61.5 Å². The Labute approximate surface area is 103 Å². The van der Waals surface area contributed by atoms with Gasteiger partial charge in [-0.2, -0.15) is 0 Å². The maximum atomic E-state index is 13.6. The van der Waals surface area contributed by atoms with Crippen LogP contribution in [0.15, 0.2) is 18.2 Å². The summed E-state index contributed by atoms with van der Waals surface area (Å²) in [5.41, 5.74) is 4.71. The second-order valence-electron chi connectivity index (χ2n) is 4.28. The molecule has 18 heavy (non-hydrogen) atoms. The van der Waals surface area contributed by atoms with Gasteiger partial charge in [0.25, 0.3) is 0 Å². The van der Waals surface area contributed by atoms with E-state index >= 15 is 0 Å². The first-order chi connectivity index (χ1) is 8.51. The van der Waals surface area contributed by atoms with E-state index in [1.165, 1.54) is 7.11 Å². The third-order valence-electron chi connectivity index (χ3n) is 3.20. The summed E-state index contributed by atoms with van der Waals surface area (Å²) in [6.45, 7) is 0.0770. The number of rotatable bonds is 3. The van der Waals surface area contributed by atoms with Crippen molar-refractivity contribution in [3.05, 3.63) is 35.4 Å². The Bertz CT molecular complexity index is 474. The van der Waals surface area contributed by atoms with Crippen LogP contribution in [0.1, 0.15) is 11.6 Å². The molecule has 1 aromatic rings. The average Bonchev–Trinajstić information content (AvgIpc) is 2.30. The van der Waals surface area contributed by atoms with Gasteiger partial charge < -0.3 is 15.2 Å². The third kappa shape index (κ3) is 1.87. The van der Waals surface area contributed by atoms with Gasteiger partial charge in [-0.1, -0.05) is 0 Å². The van der Waals surface area contributed by atoms with Crippen LogP contribution >= 0.6 is 0 Å². The number of hydrogen-bond donors (Lipinski definition) is 1. The smallest absolute Gasteiger partial charge is 0.318 e. The number of hydrogen-bond acceptors (Lipinski definition) is 4. The van der Waals surface area contributed by atoms with Crippen LogP contribution in [0.3, 0.4) is 0 Å². The fourth-order valence-corrected chi connectivity index (χ4v) is 2.00. The lowest BCUT2D eigenvalue weighted by molar-refractivity contribution is -0.188. The Hall–Kier alpha value is -1.53. The molecule has 1 atom stereocenters. The van der Waals surface area contributed by atoms with Crippen molar-refractivity contribution in [2.45, 2.75) is 6.04 Å². The average molecular weight is 257 g/mol. The molecule has 0 aliphatic carbocycles. The highest BCUT2D eigenvalue weighted by atomic mass is 19.1. The SMILES string of the molecule is COC(=O)C1(C(N)c2cc(F)ccc2F)COC1. The Balaban J connectivity index is 2.37. The van der Waals surface area contributed by atoms with Gasteiger partial charge in [-0.15, -0.1) is 0 Å². The highest BCUT2D eigenvalue weighted by Crippen LogP contribution is 2.41. The molecular formula is C12H13F2NO3. The van der Waals surface area contributed by atoms with Gasteiger partial charge >= 0.3 is 5.97 Å². The van der Waals surface area contributed by atoms with Crippen molar-refractivity contribution in [3.8, 4) is 0 Å². The summed E-state index contributed by atoms with van der Waals surface area (Å²) in [4.78, 5) is 11.7. The van der Waals surface area contributed by atoms with Crippen LogP contribution in [0.4, 0.5) is 8.78 Å². The molecule has 0 bridgehead atoms. The van der Waals surface area contributed by atoms with Crippen molar-refractivity contribution in [1.82, 2.24) is 0 Å². The molecule has 1 aromatic carbocycles. The van der Waals surface area contributed by atoms with Crippen molar-refractivity contribution >= 4 is 5.97 Å². The lowest BCUT2D eigenvalue weighted by Crippen LogP contribution is -2.56. The molecule has 0 spiro atoms. The van der Waals surface area contributed by atoms with Crippen LogP contribution in [-0.2, 0) is 14.3 Å². The molecule has 6 heteroatoms. The van der Waals surface area contributed by atoms with Gasteiger partial charge in [0.05, 0.1) is 26.4 Å². The monoisotopic (exact) mass is 257 g/mol. The van der Waals surface area contributed by atoms with E-state index in [0.29, 0.717) is 0 Å². The van der Waals surface area contributed by atoms with E-state index in [9.17, 15) is 13.6 Å². The van der Waals surface area contributed by atoms with E-state index in [0.717, 1.165) is 18.2 Å². The first kappa shape index (κ1) is 12.9. The molecule has 2 rings (SSSR count). The van der Waals surface area contributed by atoms with Gasteiger partial charge in [0.1, 0.15) is 17.0 Å². The Kier molecular flexibility index (Phi) is 3.32. The molecule has 1 saturated heterocycles. The molecule has 1 unspecified atom stereocenters.